The standard InChI is InChI=1S/C25H31N3O3/c1-15(2)19-8-7-9-20(16(3)4)22(19)26-21(29)14-28-23(30)25(6,27-24(28)31)18-12-10-17(5)11-13-18/h7-13,15-16H,14H2,1-6H3,(H,26,29)(H,27,31)/t25-/m0/s1. The molecule has 1 heterocycles. The molecule has 0 spiro atoms. The summed E-state index contributed by atoms with van der Waals surface area (Å²) in [6, 6.07) is 12.9. The van der Waals surface area contributed by atoms with Gasteiger partial charge in [0, 0.05) is 5.69 Å². The number of hydrogen-bond donors (Lipinski definition) is 2. The van der Waals surface area contributed by atoms with Crippen LogP contribution in [0.15, 0.2) is 42.5 Å². The van der Waals surface area contributed by atoms with Crippen molar-refractivity contribution in [2.24, 2.45) is 0 Å². The molecule has 6 heteroatoms. The molecule has 2 N–H and O–H groups in total. The minimum atomic E-state index is -1.19. The second kappa shape index (κ2) is 8.53. The van der Waals surface area contributed by atoms with Gasteiger partial charge < -0.3 is 10.6 Å². The Hall–Kier alpha value is -3.15. The van der Waals surface area contributed by atoms with Gasteiger partial charge in [-0.2, -0.15) is 0 Å². The summed E-state index contributed by atoms with van der Waals surface area (Å²) < 4.78 is 0. The largest absolute Gasteiger partial charge is 0.325 e. The zero-order valence-electron chi connectivity index (χ0n) is 19.1. The number of anilines is 1. The molecule has 1 fully saturated rings. The first-order valence-electron chi connectivity index (χ1n) is 10.7. The van der Waals surface area contributed by atoms with E-state index in [1.165, 1.54) is 0 Å². The van der Waals surface area contributed by atoms with Crippen molar-refractivity contribution in [3.63, 3.8) is 0 Å². The molecule has 6 nitrogen and oxygen atoms in total. The summed E-state index contributed by atoms with van der Waals surface area (Å²) in [7, 11) is 0. The summed E-state index contributed by atoms with van der Waals surface area (Å²) in [5.74, 6) is -0.393. The summed E-state index contributed by atoms with van der Waals surface area (Å²) in [6.07, 6.45) is 0. The number of carbonyl (C=O) groups excluding carboxylic acids is 3. The molecule has 4 amide bonds. The number of urea groups is 1. The van der Waals surface area contributed by atoms with Crippen LogP contribution >= 0.6 is 0 Å². The van der Waals surface area contributed by atoms with E-state index >= 15 is 0 Å². The summed E-state index contributed by atoms with van der Waals surface area (Å²) in [5, 5.41) is 5.72. The van der Waals surface area contributed by atoms with Gasteiger partial charge in [-0.05, 0) is 42.4 Å². The molecular weight excluding hydrogens is 390 g/mol. The fourth-order valence-corrected chi connectivity index (χ4v) is 3.94. The van der Waals surface area contributed by atoms with Gasteiger partial charge in [0.05, 0.1) is 0 Å². The molecule has 0 unspecified atom stereocenters. The van der Waals surface area contributed by atoms with Gasteiger partial charge in [-0.15, -0.1) is 0 Å². The Bertz CT molecular complexity index is 985. The number of amides is 4. The van der Waals surface area contributed by atoms with E-state index in [9.17, 15) is 14.4 Å². The fourth-order valence-electron chi connectivity index (χ4n) is 3.94. The molecule has 1 aliphatic rings. The average Bonchev–Trinajstić information content (AvgIpc) is 2.92. The highest BCUT2D eigenvalue weighted by atomic mass is 16.2. The maximum atomic E-state index is 13.1. The number of nitrogens with zero attached hydrogens (tertiary/aromatic N) is 1. The number of nitrogens with one attached hydrogen (secondary N) is 2. The lowest BCUT2D eigenvalue weighted by atomic mass is 9.91. The third-order valence-corrected chi connectivity index (χ3v) is 5.84. The van der Waals surface area contributed by atoms with Gasteiger partial charge in [0.2, 0.25) is 5.91 Å². The number of carbonyl (C=O) groups is 3. The third kappa shape index (κ3) is 4.33. The molecule has 0 aromatic heterocycles. The van der Waals surface area contributed by atoms with Gasteiger partial charge in [0.15, 0.2) is 0 Å². The zero-order valence-corrected chi connectivity index (χ0v) is 19.1. The van der Waals surface area contributed by atoms with Crippen molar-refractivity contribution in [1.82, 2.24) is 10.2 Å². The van der Waals surface area contributed by atoms with Gasteiger partial charge in [-0.25, -0.2) is 4.79 Å². The Balaban J connectivity index is 1.83. The number of imide groups is 1. The van der Waals surface area contributed by atoms with Gasteiger partial charge in [0.1, 0.15) is 12.1 Å². The van der Waals surface area contributed by atoms with E-state index in [2.05, 4.69) is 38.3 Å². The zero-order chi connectivity index (χ0) is 22.9. The Morgan fingerprint density at radius 2 is 1.55 bits per heavy atom. The molecule has 1 saturated heterocycles. The van der Waals surface area contributed by atoms with Crippen molar-refractivity contribution >= 4 is 23.5 Å². The van der Waals surface area contributed by atoms with E-state index in [-0.39, 0.29) is 18.4 Å². The minimum Gasteiger partial charge on any atom is -0.324 e. The van der Waals surface area contributed by atoms with E-state index in [0.29, 0.717) is 5.56 Å². The molecule has 1 atom stereocenters. The SMILES string of the molecule is Cc1ccc([C@]2(C)NC(=O)N(CC(=O)Nc3c(C(C)C)cccc3C(C)C)C2=O)cc1. The van der Waals surface area contributed by atoms with E-state index < -0.39 is 23.4 Å². The van der Waals surface area contributed by atoms with Crippen LogP contribution in [0.25, 0.3) is 0 Å². The predicted molar refractivity (Wildman–Crippen MR) is 122 cm³/mol. The van der Waals surface area contributed by atoms with Crippen LogP contribution in [0.3, 0.4) is 0 Å². The Kier molecular flexibility index (Phi) is 6.20. The Morgan fingerprint density at radius 1 is 1.00 bits per heavy atom. The molecule has 0 radical (unpaired) electrons. The first kappa shape index (κ1) is 22.5. The molecule has 0 aliphatic carbocycles. The second-order valence-corrected chi connectivity index (χ2v) is 8.98. The lowest BCUT2D eigenvalue weighted by Crippen LogP contribution is -2.42. The van der Waals surface area contributed by atoms with Crippen LogP contribution in [-0.4, -0.2) is 29.3 Å². The van der Waals surface area contributed by atoms with Gasteiger partial charge in [-0.3, -0.25) is 14.5 Å². The van der Waals surface area contributed by atoms with E-state index in [4.69, 9.17) is 0 Å². The van der Waals surface area contributed by atoms with Crippen molar-refractivity contribution in [2.45, 2.75) is 58.9 Å². The molecule has 3 rings (SSSR count). The molecule has 1 aliphatic heterocycles. The van der Waals surface area contributed by atoms with Crippen molar-refractivity contribution in [3.05, 3.63) is 64.7 Å². The average molecular weight is 422 g/mol. The van der Waals surface area contributed by atoms with Crippen molar-refractivity contribution in [3.8, 4) is 0 Å². The highest BCUT2D eigenvalue weighted by Gasteiger charge is 2.49. The number of rotatable bonds is 6. The minimum absolute atomic E-state index is 0.218. The van der Waals surface area contributed by atoms with Crippen LogP contribution in [-0.2, 0) is 15.1 Å². The van der Waals surface area contributed by atoms with Crippen LogP contribution < -0.4 is 10.6 Å². The van der Waals surface area contributed by atoms with Crippen LogP contribution in [0.4, 0.5) is 10.5 Å². The molecule has 2 aromatic rings. The lowest BCUT2D eigenvalue weighted by molar-refractivity contribution is -0.133. The molecule has 31 heavy (non-hydrogen) atoms. The maximum absolute atomic E-state index is 13.1. The molecule has 164 valence electrons. The topological polar surface area (TPSA) is 78.5 Å². The highest BCUT2D eigenvalue weighted by Crippen LogP contribution is 2.33. The van der Waals surface area contributed by atoms with Crippen molar-refractivity contribution < 1.29 is 14.4 Å². The highest BCUT2D eigenvalue weighted by molar-refractivity contribution is 6.10. The summed E-state index contributed by atoms with van der Waals surface area (Å²) >= 11 is 0. The number of aryl methyl sites for hydroxylation is 1. The monoisotopic (exact) mass is 421 g/mol. The summed E-state index contributed by atoms with van der Waals surface area (Å²) in [6.45, 7) is 11.6. The third-order valence-electron chi connectivity index (χ3n) is 5.84. The van der Waals surface area contributed by atoms with E-state index in [1.54, 1.807) is 6.92 Å². The van der Waals surface area contributed by atoms with Gasteiger partial charge in [-0.1, -0.05) is 75.7 Å². The fraction of sp³-hybridized carbons (Fsp3) is 0.400. The number of benzene rings is 2. The van der Waals surface area contributed by atoms with Gasteiger partial charge >= 0.3 is 6.03 Å². The quantitative estimate of drug-likeness (QED) is 0.667. The predicted octanol–water partition coefficient (Wildman–Crippen LogP) is 4.65. The van der Waals surface area contributed by atoms with Crippen molar-refractivity contribution in [1.29, 1.82) is 0 Å². The first-order valence-corrected chi connectivity index (χ1v) is 10.7. The number of hydrogen-bond acceptors (Lipinski definition) is 3. The number of para-hydroxylation sites is 1. The summed E-state index contributed by atoms with van der Waals surface area (Å²) in [5.41, 5.74) is 3.38. The molecular formula is C25H31N3O3. The van der Waals surface area contributed by atoms with Crippen LogP contribution in [0.1, 0.15) is 68.7 Å². The normalized spacial score (nSPS) is 18.6. The van der Waals surface area contributed by atoms with Crippen molar-refractivity contribution in [2.75, 3.05) is 11.9 Å². The Morgan fingerprint density at radius 3 is 2.06 bits per heavy atom. The summed E-state index contributed by atoms with van der Waals surface area (Å²) in [4.78, 5) is 39.6. The van der Waals surface area contributed by atoms with E-state index in [1.807, 2.05) is 49.4 Å². The molecule has 0 saturated carbocycles. The first-order chi connectivity index (χ1) is 14.5. The smallest absolute Gasteiger partial charge is 0.324 e. The molecule has 0 bridgehead atoms. The lowest BCUT2D eigenvalue weighted by Gasteiger charge is -2.23. The Labute approximate surface area is 184 Å². The van der Waals surface area contributed by atoms with Crippen LogP contribution in [0, 0.1) is 6.92 Å². The maximum Gasteiger partial charge on any atom is 0.325 e. The van der Waals surface area contributed by atoms with E-state index in [0.717, 1.165) is 27.3 Å². The second-order valence-electron chi connectivity index (χ2n) is 8.98. The van der Waals surface area contributed by atoms with Crippen LogP contribution in [0.2, 0.25) is 0 Å². The van der Waals surface area contributed by atoms with Gasteiger partial charge in [0.25, 0.3) is 5.91 Å². The molecule has 2 aromatic carbocycles. The van der Waals surface area contributed by atoms with Crippen LogP contribution in [0.5, 0.6) is 0 Å².